The Kier molecular flexibility index (Phi) is 5.21. The number of aliphatic hydroxyl groups excluding tert-OH is 1. The van der Waals surface area contributed by atoms with Crippen LogP contribution in [0.1, 0.15) is 6.42 Å². The minimum atomic E-state index is 0.0939. The first-order valence-corrected chi connectivity index (χ1v) is 3.42. The predicted molar refractivity (Wildman–Crippen MR) is 46.1 cm³/mol. The Balaban J connectivity index is 4.13. The Morgan fingerprint density at radius 3 is 2.64 bits per heavy atom. The summed E-state index contributed by atoms with van der Waals surface area (Å²) in [4.78, 5) is 0. The summed E-state index contributed by atoms with van der Waals surface area (Å²) >= 11 is 0. The van der Waals surface area contributed by atoms with Crippen LogP contribution in [0.5, 0.6) is 0 Å². The van der Waals surface area contributed by atoms with Crippen molar-refractivity contribution in [3.63, 3.8) is 0 Å². The van der Waals surface area contributed by atoms with E-state index in [2.05, 4.69) is 13.2 Å². The fourth-order valence-electron chi connectivity index (χ4n) is 0.695. The monoisotopic (exact) mass is 154 g/mol. The maximum atomic E-state index is 8.58. The molecule has 0 atom stereocenters. The molecule has 11 heavy (non-hydrogen) atoms. The Bertz CT molecular complexity index is 168. The molecule has 0 unspecified atom stereocenters. The van der Waals surface area contributed by atoms with Crippen LogP contribution in [0.3, 0.4) is 0 Å². The van der Waals surface area contributed by atoms with E-state index in [0.29, 0.717) is 12.2 Å². The lowest BCUT2D eigenvalue weighted by molar-refractivity contribution is 0.276. The molecule has 0 aliphatic heterocycles. The zero-order valence-corrected chi connectivity index (χ0v) is 6.84. The van der Waals surface area contributed by atoms with E-state index >= 15 is 0 Å². The number of rotatable bonds is 5. The molecule has 0 aromatic rings. The van der Waals surface area contributed by atoms with Gasteiger partial charge in [-0.2, -0.15) is 0 Å². The Morgan fingerprint density at radius 1 is 1.64 bits per heavy atom. The van der Waals surface area contributed by atoms with Gasteiger partial charge in [0.25, 0.3) is 0 Å². The van der Waals surface area contributed by atoms with Crippen LogP contribution in [0.2, 0.25) is 0 Å². The van der Waals surface area contributed by atoms with Gasteiger partial charge in [0.1, 0.15) is 5.76 Å². The summed E-state index contributed by atoms with van der Waals surface area (Å²) in [5.74, 6) is 0.675. The van der Waals surface area contributed by atoms with Crippen LogP contribution < -0.4 is 0 Å². The van der Waals surface area contributed by atoms with Gasteiger partial charge in [-0.05, 0) is 18.1 Å². The molecule has 1 N–H and O–H groups in total. The molecule has 0 amide bonds. The summed E-state index contributed by atoms with van der Waals surface area (Å²) in [5.41, 5.74) is 0.787. The summed E-state index contributed by atoms with van der Waals surface area (Å²) in [7, 11) is 1.57. The van der Waals surface area contributed by atoms with Gasteiger partial charge in [-0.25, -0.2) is 0 Å². The molecular formula is C9H14O2. The number of aliphatic hydroxyl groups is 1. The minimum Gasteiger partial charge on any atom is -0.496 e. The summed E-state index contributed by atoms with van der Waals surface area (Å²) in [6, 6.07) is 0. The number of hydrogen-bond acceptors (Lipinski definition) is 2. The second-order valence-electron chi connectivity index (χ2n) is 2.05. The molecule has 0 saturated carbocycles. The first kappa shape index (κ1) is 9.98. The molecule has 0 fully saturated rings. The highest BCUT2D eigenvalue weighted by molar-refractivity contribution is 5.25. The number of hydrogen-bond donors (Lipinski definition) is 1. The number of methoxy groups -OCH3 is 1. The lowest BCUT2D eigenvalue weighted by Gasteiger charge is -2.06. The van der Waals surface area contributed by atoms with E-state index < -0.39 is 0 Å². The molecule has 0 radical (unpaired) electrons. The van der Waals surface area contributed by atoms with Gasteiger partial charge in [0.05, 0.1) is 7.11 Å². The zero-order chi connectivity index (χ0) is 8.69. The molecule has 0 spiro atoms. The Hall–Kier alpha value is -1.02. The van der Waals surface area contributed by atoms with E-state index in [-0.39, 0.29) is 6.61 Å². The summed E-state index contributed by atoms with van der Waals surface area (Å²) in [5, 5.41) is 8.58. The summed E-state index contributed by atoms with van der Waals surface area (Å²) in [6.07, 6.45) is 3.88. The highest BCUT2D eigenvalue weighted by Crippen LogP contribution is 2.11. The third-order valence-electron chi connectivity index (χ3n) is 1.25. The fraction of sp³-hybridized carbons (Fsp3) is 0.333. The summed E-state index contributed by atoms with van der Waals surface area (Å²) < 4.78 is 4.98. The molecule has 62 valence electrons. The highest BCUT2D eigenvalue weighted by Gasteiger charge is 1.99. The third-order valence-corrected chi connectivity index (χ3v) is 1.25. The van der Waals surface area contributed by atoms with Gasteiger partial charge >= 0.3 is 0 Å². The van der Waals surface area contributed by atoms with Crippen LogP contribution in [0.15, 0.2) is 36.6 Å². The lowest BCUT2D eigenvalue weighted by Crippen LogP contribution is -1.93. The van der Waals surface area contributed by atoms with Crippen molar-refractivity contribution >= 4 is 0 Å². The van der Waals surface area contributed by atoms with E-state index in [9.17, 15) is 0 Å². The van der Waals surface area contributed by atoms with E-state index in [0.717, 1.165) is 5.57 Å². The first-order valence-electron chi connectivity index (χ1n) is 3.42. The second-order valence-corrected chi connectivity index (χ2v) is 2.05. The Labute approximate surface area is 67.5 Å². The van der Waals surface area contributed by atoms with Gasteiger partial charge in [-0.1, -0.05) is 19.2 Å². The molecule has 2 heteroatoms. The largest absolute Gasteiger partial charge is 0.496 e. The van der Waals surface area contributed by atoms with Gasteiger partial charge < -0.3 is 9.84 Å². The fourth-order valence-corrected chi connectivity index (χ4v) is 0.695. The second kappa shape index (κ2) is 5.74. The molecule has 2 nitrogen and oxygen atoms in total. The van der Waals surface area contributed by atoms with Crippen molar-refractivity contribution in [1.82, 2.24) is 0 Å². The molecule has 0 aliphatic rings. The van der Waals surface area contributed by atoms with E-state index in [1.54, 1.807) is 19.3 Å². The van der Waals surface area contributed by atoms with Crippen molar-refractivity contribution in [2.45, 2.75) is 6.42 Å². The minimum absolute atomic E-state index is 0.0939. The zero-order valence-electron chi connectivity index (χ0n) is 6.84. The quantitative estimate of drug-likeness (QED) is 0.482. The van der Waals surface area contributed by atoms with Gasteiger partial charge in [-0.3, -0.25) is 0 Å². The molecule has 0 heterocycles. The standard InChI is InChI=1S/C9H14O2/c1-4-5-9(11-3)8(2)6-7-10/h4-5,10H,1-2,6-7H2,3H3/b9-5+. The van der Waals surface area contributed by atoms with Crippen LogP contribution in [0.25, 0.3) is 0 Å². The van der Waals surface area contributed by atoms with Crippen molar-refractivity contribution in [2.24, 2.45) is 0 Å². The average Bonchev–Trinajstić information content (AvgIpc) is 2.00. The molecule has 0 aromatic carbocycles. The third kappa shape index (κ3) is 3.63. The number of allylic oxidation sites excluding steroid dienone is 3. The maximum absolute atomic E-state index is 8.58. The topological polar surface area (TPSA) is 29.5 Å². The Morgan fingerprint density at radius 2 is 2.27 bits per heavy atom. The maximum Gasteiger partial charge on any atom is 0.121 e. The lowest BCUT2D eigenvalue weighted by atomic mass is 10.2. The SMILES string of the molecule is C=C/C=C(/OC)C(=C)CCO. The van der Waals surface area contributed by atoms with E-state index in [1.165, 1.54) is 0 Å². The molecule has 0 rings (SSSR count). The van der Waals surface area contributed by atoms with Crippen LogP contribution in [0.4, 0.5) is 0 Å². The summed E-state index contributed by atoms with van der Waals surface area (Å²) in [6.45, 7) is 7.36. The van der Waals surface area contributed by atoms with E-state index in [1.807, 2.05) is 0 Å². The molecule has 0 saturated heterocycles. The van der Waals surface area contributed by atoms with Gasteiger partial charge in [0.2, 0.25) is 0 Å². The first-order chi connectivity index (χ1) is 5.26. The van der Waals surface area contributed by atoms with Crippen molar-refractivity contribution in [3.05, 3.63) is 36.6 Å². The average molecular weight is 154 g/mol. The van der Waals surface area contributed by atoms with E-state index in [4.69, 9.17) is 9.84 Å². The van der Waals surface area contributed by atoms with Crippen LogP contribution in [0, 0.1) is 0 Å². The highest BCUT2D eigenvalue weighted by atomic mass is 16.5. The normalized spacial score (nSPS) is 10.9. The molecular weight excluding hydrogens is 140 g/mol. The smallest absolute Gasteiger partial charge is 0.121 e. The van der Waals surface area contributed by atoms with Crippen molar-refractivity contribution in [2.75, 3.05) is 13.7 Å². The molecule has 0 aliphatic carbocycles. The predicted octanol–water partition coefficient (Wildman–Crippen LogP) is 1.64. The van der Waals surface area contributed by atoms with Crippen LogP contribution in [-0.4, -0.2) is 18.8 Å². The molecule has 0 bridgehead atoms. The molecule has 0 aromatic heterocycles. The van der Waals surface area contributed by atoms with Gasteiger partial charge in [-0.15, -0.1) is 0 Å². The van der Waals surface area contributed by atoms with Gasteiger partial charge in [0.15, 0.2) is 0 Å². The van der Waals surface area contributed by atoms with Crippen molar-refractivity contribution in [1.29, 1.82) is 0 Å². The van der Waals surface area contributed by atoms with Crippen LogP contribution in [-0.2, 0) is 4.74 Å². The van der Waals surface area contributed by atoms with Crippen LogP contribution >= 0.6 is 0 Å². The van der Waals surface area contributed by atoms with Crippen molar-refractivity contribution < 1.29 is 9.84 Å². The van der Waals surface area contributed by atoms with Gasteiger partial charge in [0, 0.05) is 6.61 Å². The number of ether oxygens (including phenoxy) is 1. The van der Waals surface area contributed by atoms with Crippen molar-refractivity contribution in [3.8, 4) is 0 Å².